The molecule has 2 aliphatic rings. The summed E-state index contributed by atoms with van der Waals surface area (Å²) in [4.78, 5) is 13.8. The molecule has 1 N–H and O–H groups in total. The predicted octanol–water partition coefficient (Wildman–Crippen LogP) is 0.376. The first-order chi connectivity index (χ1) is 7.17. The molecule has 1 saturated heterocycles. The van der Waals surface area contributed by atoms with Gasteiger partial charge in [-0.25, -0.2) is 0 Å². The van der Waals surface area contributed by atoms with Gasteiger partial charge in [-0.1, -0.05) is 0 Å². The fourth-order valence-corrected chi connectivity index (χ4v) is 2.18. The molecule has 0 unspecified atom stereocenters. The third-order valence-corrected chi connectivity index (χ3v) is 3.87. The molecule has 1 heterocycles. The molecule has 15 heavy (non-hydrogen) atoms. The maximum atomic E-state index is 12.0. The monoisotopic (exact) mass is 212 g/mol. The minimum atomic E-state index is -0.136. The first-order valence-corrected chi connectivity index (χ1v) is 5.68. The number of ether oxygens (including phenoxy) is 1. The minimum Gasteiger partial charge on any atom is -0.378 e. The second kappa shape index (κ2) is 4.10. The maximum absolute atomic E-state index is 12.0. The zero-order valence-electron chi connectivity index (χ0n) is 9.58. The lowest BCUT2D eigenvalue weighted by molar-refractivity contribution is -0.145. The van der Waals surface area contributed by atoms with Crippen molar-refractivity contribution in [3.8, 4) is 0 Å². The van der Waals surface area contributed by atoms with Gasteiger partial charge in [-0.2, -0.15) is 0 Å². The van der Waals surface area contributed by atoms with Crippen molar-refractivity contribution in [1.82, 2.24) is 10.2 Å². The first-order valence-electron chi connectivity index (χ1n) is 5.68. The second-order valence-corrected chi connectivity index (χ2v) is 4.73. The normalized spacial score (nSPS) is 24.1. The Balaban J connectivity index is 1.85. The molecule has 4 nitrogen and oxygen atoms in total. The van der Waals surface area contributed by atoms with Crippen LogP contribution in [-0.2, 0) is 9.53 Å². The van der Waals surface area contributed by atoms with Gasteiger partial charge in [-0.15, -0.1) is 0 Å². The van der Waals surface area contributed by atoms with Crippen LogP contribution in [0.1, 0.15) is 25.7 Å². The molecule has 0 bridgehead atoms. The van der Waals surface area contributed by atoms with Gasteiger partial charge in [0.2, 0.25) is 5.91 Å². The molecule has 1 saturated carbocycles. The van der Waals surface area contributed by atoms with E-state index in [0.29, 0.717) is 12.5 Å². The Kier molecular flexibility index (Phi) is 2.98. The Hall–Kier alpha value is -0.610. The number of methoxy groups -OCH3 is 1. The number of hydrogen-bond acceptors (Lipinski definition) is 3. The van der Waals surface area contributed by atoms with Crippen LogP contribution >= 0.6 is 0 Å². The molecule has 86 valence electrons. The van der Waals surface area contributed by atoms with E-state index in [1.165, 1.54) is 6.42 Å². The third-order valence-electron chi connectivity index (χ3n) is 3.87. The lowest BCUT2D eigenvalue weighted by atomic mass is 9.77. The van der Waals surface area contributed by atoms with E-state index in [1.54, 1.807) is 7.11 Å². The van der Waals surface area contributed by atoms with Crippen molar-refractivity contribution in [1.29, 1.82) is 0 Å². The molecule has 0 spiro atoms. The summed E-state index contributed by atoms with van der Waals surface area (Å²) in [5.74, 6) is 0.225. The van der Waals surface area contributed by atoms with Crippen LogP contribution < -0.4 is 5.32 Å². The van der Waals surface area contributed by atoms with Crippen LogP contribution in [0.3, 0.4) is 0 Å². The summed E-state index contributed by atoms with van der Waals surface area (Å²) in [6.07, 6.45) is 3.81. The highest BCUT2D eigenvalue weighted by atomic mass is 16.5. The highest BCUT2D eigenvalue weighted by Crippen LogP contribution is 2.38. The SMILES string of the molecule is COC1(CC(=O)N(C)C2CNC2)CCC1. The zero-order chi connectivity index (χ0) is 10.9. The molecule has 0 atom stereocenters. The Labute approximate surface area is 91.0 Å². The smallest absolute Gasteiger partial charge is 0.225 e. The van der Waals surface area contributed by atoms with Gasteiger partial charge in [0.15, 0.2) is 0 Å². The van der Waals surface area contributed by atoms with Crippen molar-refractivity contribution in [3.05, 3.63) is 0 Å². The number of nitrogens with zero attached hydrogens (tertiary/aromatic N) is 1. The van der Waals surface area contributed by atoms with Crippen LogP contribution in [-0.4, -0.2) is 49.7 Å². The minimum absolute atomic E-state index is 0.136. The van der Waals surface area contributed by atoms with Crippen molar-refractivity contribution in [2.24, 2.45) is 0 Å². The maximum Gasteiger partial charge on any atom is 0.225 e. The summed E-state index contributed by atoms with van der Waals surface area (Å²) >= 11 is 0. The highest BCUT2D eigenvalue weighted by molar-refractivity contribution is 5.77. The van der Waals surface area contributed by atoms with Crippen molar-refractivity contribution in [2.75, 3.05) is 27.2 Å². The van der Waals surface area contributed by atoms with Gasteiger partial charge >= 0.3 is 0 Å². The van der Waals surface area contributed by atoms with Crippen LogP contribution in [0.15, 0.2) is 0 Å². The third kappa shape index (κ3) is 2.01. The topological polar surface area (TPSA) is 41.6 Å². The molecule has 0 aromatic carbocycles. The van der Waals surface area contributed by atoms with Gasteiger partial charge in [-0.3, -0.25) is 4.79 Å². The molecule has 1 aliphatic heterocycles. The van der Waals surface area contributed by atoms with Crippen LogP contribution in [0, 0.1) is 0 Å². The highest BCUT2D eigenvalue weighted by Gasteiger charge is 2.40. The van der Waals surface area contributed by atoms with Crippen LogP contribution in [0.25, 0.3) is 0 Å². The number of amides is 1. The quantitative estimate of drug-likeness (QED) is 0.732. The number of carbonyl (C=O) groups is 1. The number of carbonyl (C=O) groups excluding carboxylic acids is 1. The molecule has 0 aromatic heterocycles. The molecule has 0 aromatic rings. The van der Waals surface area contributed by atoms with Gasteiger partial charge in [0, 0.05) is 27.2 Å². The van der Waals surface area contributed by atoms with Crippen molar-refractivity contribution >= 4 is 5.91 Å². The largest absolute Gasteiger partial charge is 0.378 e. The van der Waals surface area contributed by atoms with Gasteiger partial charge < -0.3 is 15.0 Å². The standard InChI is InChI=1S/C11H20N2O2/c1-13(9-7-12-8-9)10(14)6-11(15-2)4-3-5-11/h9,12H,3-8H2,1-2H3. The average Bonchev–Trinajstić information content (AvgIpc) is 2.08. The lowest BCUT2D eigenvalue weighted by Crippen LogP contribution is -2.58. The van der Waals surface area contributed by atoms with Crippen LogP contribution in [0.4, 0.5) is 0 Å². The summed E-state index contributed by atoms with van der Waals surface area (Å²) in [5.41, 5.74) is -0.136. The summed E-state index contributed by atoms with van der Waals surface area (Å²) in [6.45, 7) is 1.87. The van der Waals surface area contributed by atoms with E-state index in [-0.39, 0.29) is 11.5 Å². The summed E-state index contributed by atoms with van der Waals surface area (Å²) in [5, 5.41) is 3.18. The van der Waals surface area contributed by atoms with E-state index in [9.17, 15) is 4.79 Å². The number of nitrogens with one attached hydrogen (secondary N) is 1. The average molecular weight is 212 g/mol. The van der Waals surface area contributed by atoms with Crippen molar-refractivity contribution in [2.45, 2.75) is 37.3 Å². The molecule has 1 aliphatic carbocycles. The number of rotatable bonds is 4. The van der Waals surface area contributed by atoms with Crippen molar-refractivity contribution < 1.29 is 9.53 Å². The van der Waals surface area contributed by atoms with Gasteiger partial charge in [0.1, 0.15) is 0 Å². The Morgan fingerprint density at radius 1 is 1.53 bits per heavy atom. The molecular weight excluding hydrogens is 192 g/mol. The summed E-state index contributed by atoms with van der Waals surface area (Å²) in [7, 11) is 3.62. The number of hydrogen-bond donors (Lipinski definition) is 1. The molecular formula is C11H20N2O2. The van der Waals surface area contributed by atoms with E-state index in [1.807, 2.05) is 11.9 Å². The summed E-state index contributed by atoms with van der Waals surface area (Å²) in [6, 6.07) is 0.395. The molecule has 0 radical (unpaired) electrons. The van der Waals surface area contributed by atoms with E-state index in [2.05, 4.69) is 5.32 Å². The molecule has 2 rings (SSSR count). The van der Waals surface area contributed by atoms with Gasteiger partial charge in [0.25, 0.3) is 0 Å². The number of likely N-dealkylation sites (N-methyl/N-ethyl adjacent to an activating group) is 1. The van der Waals surface area contributed by atoms with Gasteiger partial charge in [0.05, 0.1) is 18.1 Å². The van der Waals surface area contributed by atoms with Gasteiger partial charge in [-0.05, 0) is 19.3 Å². The fraction of sp³-hybridized carbons (Fsp3) is 0.909. The van der Waals surface area contributed by atoms with Crippen molar-refractivity contribution in [3.63, 3.8) is 0 Å². The molecule has 1 amide bonds. The van der Waals surface area contributed by atoms with Crippen LogP contribution in [0.5, 0.6) is 0 Å². The van der Waals surface area contributed by atoms with E-state index in [4.69, 9.17) is 4.74 Å². The molecule has 2 fully saturated rings. The Morgan fingerprint density at radius 3 is 2.53 bits per heavy atom. The zero-order valence-corrected chi connectivity index (χ0v) is 9.58. The predicted molar refractivity (Wildman–Crippen MR) is 57.6 cm³/mol. The lowest BCUT2D eigenvalue weighted by Gasteiger charge is -2.42. The summed E-state index contributed by atoms with van der Waals surface area (Å²) < 4.78 is 5.46. The second-order valence-electron chi connectivity index (χ2n) is 4.73. The van der Waals surface area contributed by atoms with E-state index < -0.39 is 0 Å². The Morgan fingerprint density at radius 2 is 2.20 bits per heavy atom. The Bertz CT molecular complexity index is 241. The van der Waals surface area contributed by atoms with Crippen LogP contribution in [0.2, 0.25) is 0 Å². The van der Waals surface area contributed by atoms with E-state index in [0.717, 1.165) is 25.9 Å². The van der Waals surface area contributed by atoms with E-state index >= 15 is 0 Å². The molecule has 4 heteroatoms. The first kappa shape index (κ1) is 10.9. The fourth-order valence-electron chi connectivity index (χ4n) is 2.18.